The standard InChI is InChI=1S/C11H20N2O2/c1-8(12-9(2)14)11(15)13-10-6-4-3-5-7-10/h8,10H,3-7H2,1-2H3,(H,12,14)(H,13,15)/t8-/m1/s1. The molecule has 0 aromatic heterocycles. The second kappa shape index (κ2) is 5.73. The van der Waals surface area contributed by atoms with Crippen molar-refractivity contribution in [3.8, 4) is 0 Å². The van der Waals surface area contributed by atoms with Gasteiger partial charge in [-0.3, -0.25) is 9.59 Å². The molecule has 2 amide bonds. The molecule has 1 saturated carbocycles. The van der Waals surface area contributed by atoms with Gasteiger partial charge in [-0.05, 0) is 19.8 Å². The van der Waals surface area contributed by atoms with Crippen LogP contribution < -0.4 is 10.6 Å². The number of amides is 2. The molecular formula is C11H20N2O2. The average molecular weight is 212 g/mol. The van der Waals surface area contributed by atoms with Crippen LogP contribution in [0.5, 0.6) is 0 Å². The minimum Gasteiger partial charge on any atom is -0.352 e. The number of carbonyl (C=O) groups excluding carboxylic acids is 2. The van der Waals surface area contributed by atoms with E-state index < -0.39 is 6.04 Å². The summed E-state index contributed by atoms with van der Waals surface area (Å²) in [4.78, 5) is 22.4. The van der Waals surface area contributed by atoms with Crippen molar-refractivity contribution in [2.24, 2.45) is 0 Å². The third-order valence-electron chi connectivity index (χ3n) is 2.76. The van der Waals surface area contributed by atoms with Crippen LogP contribution in [0.15, 0.2) is 0 Å². The average Bonchev–Trinajstić information content (AvgIpc) is 2.18. The molecule has 1 aliphatic rings. The predicted molar refractivity (Wildman–Crippen MR) is 58.3 cm³/mol. The topological polar surface area (TPSA) is 58.2 Å². The molecule has 0 bridgehead atoms. The summed E-state index contributed by atoms with van der Waals surface area (Å²) in [5, 5.41) is 5.55. The molecule has 86 valence electrons. The normalized spacial score (nSPS) is 19.3. The van der Waals surface area contributed by atoms with Gasteiger partial charge in [-0.15, -0.1) is 0 Å². The van der Waals surface area contributed by atoms with Crippen LogP contribution in [0, 0.1) is 0 Å². The monoisotopic (exact) mass is 212 g/mol. The van der Waals surface area contributed by atoms with E-state index >= 15 is 0 Å². The third kappa shape index (κ3) is 4.32. The fourth-order valence-electron chi connectivity index (χ4n) is 1.94. The van der Waals surface area contributed by atoms with Crippen molar-refractivity contribution in [1.82, 2.24) is 10.6 Å². The Morgan fingerprint density at radius 3 is 2.33 bits per heavy atom. The Hall–Kier alpha value is -1.06. The van der Waals surface area contributed by atoms with E-state index in [1.165, 1.54) is 26.2 Å². The zero-order chi connectivity index (χ0) is 11.3. The lowest BCUT2D eigenvalue weighted by Crippen LogP contribution is -2.48. The second-order valence-corrected chi connectivity index (χ2v) is 4.27. The summed E-state index contributed by atoms with van der Waals surface area (Å²) >= 11 is 0. The van der Waals surface area contributed by atoms with Crippen molar-refractivity contribution in [2.75, 3.05) is 0 Å². The summed E-state index contributed by atoms with van der Waals surface area (Å²) in [7, 11) is 0. The lowest BCUT2D eigenvalue weighted by atomic mass is 9.95. The highest BCUT2D eigenvalue weighted by atomic mass is 16.2. The van der Waals surface area contributed by atoms with E-state index in [-0.39, 0.29) is 11.8 Å². The van der Waals surface area contributed by atoms with Gasteiger partial charge in [0.1, 0.15) is 6.04 Å². The molecule has 1 aliphatic carbocycles. The largest absolute Gasteiger partial charge is 0.352 e. The molecule has 0 aliphatic heterocycles. The summed E-state index contributed by atoms with van der Waals surface area (Å²) in [6.45, 7) is 3.13. The maximum Gasteiger partial charge on any atom is 0.242 e. The highest BCUT2D eigenvalue weighted by Crippen LogP contribution is 2.17. The number of hydrogen-bond acceptors (Lipinski definition) is 2. The summed E-state index contributed by atoms with van der Waals surface area (Å²) < 4.78 is 0. The quantitative estimate of drug-likeness (QED) is 0.732. The van der Waals surface area contributed by atoms with Crippen LogP contribution in [0.4, 0.5) is 0 Å². The van der Waals surface area contributed by atoms with E-state index in [1.807, 2.05) is 0 Å². The fourth-order valence-corrected chi connectivity index (χ4v) is 1.94. The molecule has 0 aromatic rings. The van der Waals surface area contributed by atoms with Gasteiger partial charge in [-0.2, -0.15) is 0 Å². The van der Waals surface area contributed by atoms with Crippen molar-refractivity contribution < 1.29 is 9.59 Å². The Morgan fingerprint density at radius 2 is 1.80 bits per heavy atom. The van der Waals surface area contributed by atoms with Gasteiger partial charge in [0.25, 0.3) is 0 Å². The van der Waals surface area contributed by atoms with Crippen LogP contribution in [0.3, 0.4) is 0 Å². The third-order valence-corrected chi connectivity index (χ3v) is 2.76. The number of nitrogens with one attached hydrogen (secondary N) is 2. The van der Waals surface area contributed by atoms with E-state index in [9.17, 15) is 9.59 Å². The highest BCUT2D eigenvalue weighted by Gasteiger charge is 2.19. The SMILES string of the molecule is CC(=O)N[C@H](C)C(=O)NC1CCCCC1. The molecule has 0 radical (unpaired) electrons. The van der Waals surface area contributed by atoms with E-state index in [2.05, 4.69) is 10.6 Å². The lowest BCUT2D eigenvalue weighted by Gasteiger charge is -2.24. The van der Waals surface area contributed by atoms with Gasteiger partial charge in [0.15, 0.2) is 0 Å². The van der Waals surface area contributed by atoms with Crippen molar-refractivity contribution in [3.63, 3.8) is 0 Å². The molecule has 15 heavy (non-hydrogen) atoms. The molecule has 1 fully saturated rings. The zero-order valence-electron chi connectivity index (χ0n) is 9.51. The Kier molecular flexibility index (Phi) is 4.59. The first-order valence-electron chi connectivity index (χ1n) is 5.67. The Morgan fingerprint density at radius 1 is 1.20 bits per heavy atom. The molecule has 1 rings (SSSR count). The van der Waals surface area contributed by atoms with E-state index in [0.717, 1.165) is 12.8 Å². The van der Waals surface area contributed by atoms with Crippen molar-refractivity contribution >= 4 is 11.8 Å². The van der Waals surface area contributed by atoms with E-state index in [4.69, 9.17) is 0 Å². The minimum absolute atomic E-state index is 0.0721. The van der Waals surface area contributed by atoms with Crippen LogP contribution in [0.25, 0.3) is 0 Å². The molecule has 1 atom stereocenters. The summed E-state index contributed by atoms with van der Waals surface area (Å²) in [6, 6.07) is -0.119. The first-order valence-corrected chi connectivity index (χ1v) is 5.67. The molecule has 0 aromatic carbocycles. The predicted octanol–water partition coefficient (Wildman–Crippen LogP) is 0.960. The molecule has 2 N–H and O–H groups in total. The maximum atomic E-state index is 11.6. The maximum absolute atomic E-state index is 11.6. The van der Waals surface area contributed by atoms with Gasteiger partial charge in [-0.25, -0.2) is 0 Å². The summed E-state index contributed by atoms with van der Waals surface area (Å²) in [5.74, 6) is -0.238. The van der Waals surface area contributed by atoms with E-state index in [1.54, 1.807) is 6.92 Å². The first kappa shape index (κ1) is 12.0. The van der Waals surface area contributed by atoms with Crippen molar-refractivity contribution in [1.29, 1.82) is 0 Å². The van der Waals surface area contributed by atoms with Crippen LogP contribution in [-0.2, 0) is 9.59 Å². The minimum atomic E-state index is -0.426. The fraction of sp³-hybridized carbons (Fsp3) is 0.818. The smallest absolute Gasteiger partial charge is 0.242 e. The molecular weight excluding hydrogens is 192 g/mol. The van der Waals surface area contributed by atoms with Crippen LogP contribution in [-0.4, -0.2) is 23.9 Å². The van der Waals surface area contributed by atoms with Gasteiger partial charge in [0, 0.05) is 13.0 Å². The lowest BCUT2D eigenvalue weighted by molar-refractivity contribution is -0.128. The molecule has 4 heteroatoms. The first-order chi connectivity index (χ1) is 7.09. The summed E-state index contributed by atoms with van der Waals surface area (Å²) in [5.41, 5.74) is 0. The highest BCUT2D eigenvalue weighted by molar-refractivity contribution is 5.86. The van der Waals surface area contributed by atoms with Crippen LogP contribution in [0.1, 0.15) is 46.0 Å². The van der Waals surface area contributed by atoms with Crippen LogP contribution >= 0.6 is 0 Å². The van der Waals surface area contributed by atoms with Gasteiger partial charge in [-0.1, -0.05) is 19.3 Å². The number of hydrogen-bond donors (Lipinski definition) is 2. The van der Waals surface area contributed by atoms with Crippen LogP contribution in [0.2, 0.25) is 0 Å². The van der Waals surface area contributed by atoms with Crippen molar-refractivity contribution in [3.05, 3.63) is 0 Å². The molecule has 0 saturated heterocycles. The van der Waals surface area contributed by atoms with Gasteiger partial charge in [0.05, 0.1) is 0 Å². The van der Waals surface area contributed by atoms with E-state index in [0.29, 0.717) is 6.04 Å². The Labute approximate surface area is 90.8 Å². The number of carbonyl (C=O) groups is 2. The van der Waals surface area contributed by atoms with Gasteiger partial charge in [0.2, 0.25) is 11.8 Å². The second-order valence-electron chi connectivity index (χ2n) is 4.27. The molecule has 4 nitrogen and oxygen atoms in total. The Bertz CT molecular complexity index is 235. The zero-order valence-corrected chi connectivity index (χ0v) is 9.51. The Balaban J connectivity index is 2.30. The molecule has 0 heterocycles. The molecule has 0 spiro atoms. The summed E-state index contributed by atoms with van der Waals surface area (Å²) in [6.07, 6.45) is 5.80. The number of rotatable bonds is 3. The van der Waals surface area contributed by atoms with Crippen molar-refractivity contribution in [2.45, 2.75) is 58.0 Å². The molecule has 0 unspecified atom stereocenters. The van der Waals surface area contributed by atoms with Gasteiger partial charge >= 0.3 is 0 Å². The van der Waals surface area contributed by atoms with Gasteiger partial charge < -0.3 is 10.6 Å².